The Balaban J connectivity index is 1.32. The van der Waals surface area contributed by atoms with Crippen LogP contribution in [0, 0.1) is 5.92 Å². The topological polar surface area (TPSA) is 113 Å². The number of nitrogens with one attached hydrogen (secondary N) is 2. The highest BCUT2D eigenvalue weighted by Crippen LogP contribution is 2.32. The summed E-state index contributed by atoms with van der Waals surface area (Å²) in [6, 6.07) is 7.48. The van der Waals surface area contributed by atoms with Gasteiger partial charge in [-0.2, -0.15) is 4.57 Å². The Morgan fingerprint density at radius 1 is 1.31 bits per heavy atom. The Hall–Kier alpha value is -3.46. The average Bonchev–Trinajstić information content (AvgIpc) is 3.43. The van der Waals surface area contributed by atoms with Gasteiger partial charge in [0.15, 0.2) is 17.8 Å². The molecule has 1 amide bonds. The highest BCUT2D eigenvalue weighted by Gasteiger charge is 2.21. The molecule has 29 heavy (non-hydrogen) atoms. The first-order valence-electron chi connectivity index (χ1n) is 9.36. The highest BCUT2D eigenvalue weighted by molar-refractivity contribution is 5.79. The Kier molecular flexibility index (Phi) is 5.66. The Morgan fingerprint density at radius 3 is 3.03 bits per heavy atom. The summed E-state index contributed by atoms with van der Waals surface area (Å²) in [6.45, 7) is 0.441. The smallest absolute Gasteiger partial charge is 0.389 e. The largest absolute Gasteiger partial charge is 0.454 e. The summed E-state index contributed by atoms with van der Waals surface area (Å²) in [4.78, 5) is 24.1. The van der Waals surface area contributed by atoms with Gasteiger partial charge in [-0.3, -0.25) is 9.78 Å². The Bertz CT molecular complexity index is 977. The van der Waals surface area contributed by atoms with Gasteiger partial charge in [0, 0.05) is 19.0 Å². The lowest BCUT2D eigenvalue weighted by Crippen LogP contribution is -2.36. The number of H-pyrrole nitrogens is 1. The first-order chi connectivity index (χ1) is 14.2. The van der Waals surface area contributed by atoms with Gasteiger partial charge in [-0.1, -0.05) is 6.07 Å². The molecule has 0 saturated carbocycles. The molecule has 1 aliphatic heterocycles. The third kappa shape index (κ3) is 4.52. The van der Waals surface area contributed by atoms with Gasteiger partial charge >= 0.3 is 5.95 Å². The van der Waals surface area contributed by atoms with E-state index in [9.17, 15) is 9.90 Å². The minimum atomic E-state index is -0.578. The molecule has 1 aromatic carbocycles. The van der Waals surface area contributed by atoms with Gasteiger partial charge in [0.25, 0.3) is 0 Å². The Morgan fingerprint density at radius 2 is 2.21 bits per heavy atom. The minimum Gasteiger partial charge on any atom is -0.454 e. The number of carbonyl (C=O) groups is 1. The van der Waals surface area contributed by atoms with Crippen molar-refractivity contribution in [1.82, 2.24) is 20.3 Å². The van der Waals surface area contributed by atoms with Crippen molar-refractivity contribution in [3.8, 4) is 17.4 Å². The molecule has 9 heteroatoms. The second-order valence-corrected chi connectivity index (χ2v) is 6.68. The third-order valence-corrected chi connectivity index (χ3v) is 4.67. The van der Waals surface area contributed by atoms with Crippen LogP contribution in [0.25, 0.3) is 5.95 Å². The number of hydrogen-bond acceptors (Lipinski definition) is 6. The number of rotatable bonds is 8. The van der Waals surface area contributed by atoms with Crippen LogP contribution in [-0.4, -0.2) is 45.9 Å². The number of nitrogens with zero attached hydrogens (tertiary/aromatic N) is 3. The molecule has 0 bridgehead atoms. The van der Waals surface area contributed by atoms with Crippen LogP contribution in [0.15, 0.2) is 49.2 Å². The van der Waals surface area contributed by atoms with E-state index < -0.39 is 5.92 Å². The molecule has 2 aromatic heterocycles. The van der Waals surface area contributed by atoms with Crippen LogP contribution < -0.4 is 19.4 Å². The minimum absolute atomic E-state index is 0.206. The zero-order chi connectivity index (χ0) is 20.1. The molecule has 3 heterocycles. The molecule has 0 aliphatic carbocycles. The molecule has 1 unspecified atom stereocenters. The van der Waals surface area contributed by atoms with E-state index in [0.717, 1.165) is 17.1 Å². The SMILES string of the molecule is O=C(NCCc1ccc2c(c1)OCO2)C(CO)Cc1ccnc(-[n+]2cc[nH]c2)n1. The van der Waals surface area contributed by atoms with Gasteiger partial charge in [-0.05, 0) is 24.1 Å². The van der Waals surface area contributed by atoms with Gasteiger partial charge < -0.3 is 19.9 Å². The number of aromatic amines is 1. The number of fused-ring (bicyclic) bond motifs is 1. The fourth-order valence-electron chi connectivity index (χ4n) is 3.10. The van der Waals surface area contributed by atoms with E-state index in [4.69, 9.17) is 9.47 Å². The summed E-state index contributed by atoms with van der Waals surface area (Å²) in [6.07, 6.45) is 7.91. The lowest BCUT2D eigenvalue weighted by Gasteiger charge is -2.13. The van der Waals surface area contributed by atoms with Crippen molar-refractivity contribution in [2.24, 2.45) is 5.92 Å². The summed E-state index contributed by atoms with van der Waals surface area (Å²) in [7, 11) is 0. The second-order valence-electron chi connectivity index (χ2n) is 6.68. The summed E-state index contributed by atoms with van der Waals surface area (Å²) < 4.78 is 12.4. The molecule has 1 atom stereocenters. The monoisotopic (exact) mass is 396 g/mol. The molecule has 0 radical (unpaired) electrons. The van der Waals surface area contributed by atoms with Gasteiger partial charge in [-0.25, -0.2) is 0 Å². The van der Waals surface area contributed by atoms with Crippen LogP contribution in [0.3, 0.4) is 0 Å². The van der Waals surface area contributed by atoms with Crippen LogP contribution in [0.5, 0.6) is 11.5 Å². The summed E-state index contributed by atoms with van der Waals surface area (Å²) >= 11 is 0. The first-order valence-corrected chi connectivity index (χ1v) is 9.36. The lowest BCUT2D eigenvalue weighted by atomic mass is 10.0. The first kappa shape index (κ1) is 18.9. The van der Waals surface area contributed by atoms with E-state index in [-0.39, 0.29) is 19.3 Å². The molecule has 150 valence electrons. The molecule has 1 aliphatic rings. The van der Waals surface area contributed by atoms with Crippen molar-refractivity contribution in [2.45, 2.75) is 12.8 Å². The zero-order valence-electron chi connectivity index (χ0n) is 15.7. The number of ether oxygens (including phenoxy) is 2. The fraction of sp³-hybridized carbons (Fsp3) is 0.300. The van der Waals surface area contributed by atoms with E-state index in [2.05, 4.69) is 20.3 Å². The lowest BCUT2D eigenvalue weighted by molar-refractivity contribution is -0.602. The van der Waals surface area contributed by atoms with E-state index in [1.54, 1.807) is 35.6 Å². The van der Waals surface area contributed by atoms with Crippen LogP contribution in [0.2, 0.25) is 0 Å². The molecule has 3 aromatic rings. The van der Waals surface area contributed by atoms with Crippen molar-refractivity contribution in [2.75, 3.05) is 19.9 Å². The van der Waals surface area contributed by atoms with Crippen LogP contribution in [-0.2, 0) is 17.6 Å². The van der Waals surface area contributed by atoms with E-state index in [0.29, 0.717) is 31.0 Å². The maximum absolute atomic E-state index is 12.5. The molecule has 3 N–H and O–H groups in total. The van der Waals surface area contributed by atoms with Crippen molar-refractivity contribution in [3.05, 3.63) is 60.4 Å². The predicted octanol–water partition coefficient (Wildman–Crippen LogP) is 0.320. The van der Waals surface area contributed by atoms with Gasteiger partial charge in [0.2, 0.25) is 12.7 Å². The predicted molar refractivity (Wildman–Crippen MR) is 101 cm³/mol. The van der Waals surface area contributed by atoms with Crippen molar-refractivity contribution in [1.29, 1.82) is 0 Å². The zero-order valence-corrected chi connectivity index (χ0v) is 15.7. The maximum atomic E-state index is 12.5. The number of carbonyl (C=O) groups excluding carboxylic acids is 1. The number of aromatic nitrogens is 4. The molecule has 0 saturated heterocycles. The van der Waals surface area contributed by atoms with Gasteiger partial charge in [0.1, 0.15) is 5.69 Å². The van der Waals surface area contributed by atoms with Crippen molar-refractivity contribution >= 4 is 5.91 Å². The summed E-state index contributed by atoms with van der Waals surface area (Å²) in [5, 5.41) is 12.6. The number of amides is 1. The number of aliphatic hydroxyl groups is 1. The number of imidazole rings is 1. The van der Waals surface area contributed by atoms with Crippen molar-refractivity contribution in [3.63, 3.8) is 0 Å². The van der Waals surface area contributed by atoms with Gasteiger partial charge in [-0.15, -0.1) is 9.97 Å². The molecule has 4 rings (SSSR count). The molecule has 0 spiro atoms. The summed E-state index contributed by atoms with van der Waals surface area (Å²) in [5.74, 6) is 1.18. The van der Waals surface area contributed by atoms with Crippen molar-refractivity contribution < 1.29 is 23.9 Å². The Labute approximate surface area is 167 Å². The maximum Gasteiger partial charge on any atom is 0.389 e. The second kappa shape index (κ2) is 8.70. The van der Waals surface area contributed by atoms with Crippen LogP contribution in [0.4, 0.5) is 0 Å². The quantitative estimate of drug-likeness (QED) is 0.473. The van der Waals surface area contributed by atoms with E-state index in [1.165, 1.54) is 0 Å². The highest BCUT2D eigenvalue weighted by atomic mass is 16.7. The standard InChI is InChI=1S/C20H21N5O4/c26-11-15(10-16-4-6-23-20(24-16)25-8-7-21-12-25)19(27)22-5-3-14-1-2-17-18(9-14)29-13-28-17/h1-2,4,6-9,12,15,26H,3,5,10-11,13H2,(H,22,27)/p+1. The summed E-state index contributed by atoms with van der Waals surface area (Å²) in [5.41, 5.74) is 1.73. The third-order valence-electron chi connectivity index (χ3n) is 4.67. The molecule has 0 fully saturated rings. The van der Waals surface area contributed by atoms with E-state index in [1.807, 2.05) is 18.2 Å². The molecular weight excluding hydrogens is 374 g/mol. The number of hydrogen-bond donors (Lipinski definition) is 3. The number of aliphatic hydroxyl groups excluding tert-OH is 1. The van der Waals surface area contributed by atoms with Crippen LogP contribution in [0.1, 0.15) is 11.3 Å². The molecular formula is C20H22N5O4+. The molecule has 9 nitrogen and oxygen atoms in total. The van der Waals surface area contributed by atoms with E-state index >= 15 is 0 Å². The number of benzene rings is 1. The average molecular weight is 396 g/mol. The normalized spacial score (nSPS) is 13.3. The van der Waals surface area contributed by atoms with Gasteiger partial charge in [0.05, 0.1) is 31.1 Å². The van der Waals surface area contributed by atoms with Crippen LogP contribution >= 0.6 is 0 Å². The fourth-order valence-corrected chi connectivity index (χ4v) is 3.10.